The summed E-state index contributed by atoms with van der Waals surface area (Å²) in [5, 5.41) is 17.9. The highest BCUT2D eigenvalue weighted by molar-refractivity contribution is 5.29. The van der Waals surface area contributed by atoms with Crippen LogP contribution in [-0.4, -0.2) is 35.1 Å². The summed E-state index contributed by atoms with van der Waals surface area (Å²) in [6, 6.07) is 7.60. The first-order valence-electron chi connectivity index (χ1n) is 5.70. The number of aliphatic hydroxyl groups is 2. The minimum absolute atomic E-state index is 0.0893. The maximum Gasteiger partial charge on any atom is 0.119 e. The molecule has 4 heteroatoms. The third-order valence-corrected chi connectivity index (χ3v) is 2.21. The first-order valence-corrected chi connectivity index (χ1v) is 5.70. The van der Waals surface area contributed by atoms with Crippen molar-refractivity contribution in [3.05, 3.63) is 29.8 Å². The largest absolute Gasteiger partial charge is 0.491 e. The predicted octanol–water partition coefficient (Wildman–Crippen LogP) is 0.698. The third kappa shape index (κ3) is 5.68. The lowest BCUT2D eigenvalue weighted by atomic mass is 9.96. The summed E-state index contributed by atoms with van der Waals surface area (Å²) < 4.78 is 5.36. The second-order valence-corrected chi connectivity index (χ2v) is 4.96. The normalized spacial score (nSPS) is 13.5. The molecule has 17 heavy (non-hydrogen) atoms. The van der Waals surface area contributed by atoms with Crippen LogP contribution < -0.4 is 10.5 Å². The Bertz CT molecular complexity index is 347. The molecule has 1 unspecified atom stereocenters. The van der Waals surface area contributed by atoms with Gasteiger partial charge in [-0.25, -0.2) is 0 Å². The molecule has 0 aliphatic heterocycles. The third-order valence-electron chi connectivity index (χ3n) is 2.21. The SMILES string of the molecule is CC(C)(N)Cc1cccc(OCC(O)CO)c1. The Labute approximate surface area is 102 Å². The Morgan fingerprint density at radius 1 is 1.41 bits per heavy atom. The molecular formula is C13H21NO3. The van der Waals surface area contributed by atoms with E-state index in [0.717, 1.165) is 12.0 Å². The van der Waals surface area contributed by atoms with Crippen molar-refractivity contribution < 1.29 is 14.9 Å². The maximum absolute atomic E-state index is 9.18. The fourth-order valence-corrected chi connectivity index (χ4v) is 1.52. The molecule has 0 saturated heterocycles. The minimum Gasteiger partial charge on any atom is -0.491 e. The van der Waals surface area contributed by atoms with E-state index in [9.17, 15) is 5.11 Å². The first kappa shape index (κ1) is 14.0. The molecule has 1 rings (SSSR count). The van der Waals surface area contributed by atoms with Crippen LogP contribution in [-0.2, 0) is 6.42 Å². The number of hydrogen-bond acceptors (Lipinski definition) is 4. The highest BCUT2D eigenvalue weighted by Crippen LogP contribution is 2.17. The zero-order valence-corrected chi connectivity index (χ0v) is 10.4. The summed E-state index contributed by atoms with van der Waals surface area (Å²) in [5.74, 6) is 0.680. The summed E-state index contributed by atoms with van der Waals surface area (Å²) in [6.45, 7) is 3.73. The molecule has 4 N–H and O–H groups in total. The minimum atomic E-state index is -0.843. The number of aliphatic hydroxyl groups excluding tert-OH is 2. The van der Waals surface area contributed by atoms with Crippen molar-refractivity contribution in [2.45, 2.75) is 31.9 Å². The van der Waals surface area contributed by atoms with E-state index in [1.807, 2.05) is 38.1 Å². The summed E-state index contributed by atoms with van der Waals surface area (Å²) in [5.41, 5.74) is 6.78. The lowest BCUT2D eigenvalue weighted by Crippen LogP contribution is -2.34. The van der Waals surface area contributed by atoms with Gasteiger partial charge in [0, 0.05) is 5.54 Å². The number of nitrogens with two attached hydrogens (primary N) is 1. The van der Waals surface area contributed by atoms with Crippen LogP contribution in [0.15, 0.2) is 24.3 Å². The molecule has 96 valence electrons. The van der Waals surface area contributed by atoms with E-state index in [0.29, 0.717) is 5.75 Å². The van der Waals surface area contributed by atoms with Crippen LogP contribution in [0, 0.1) is 0 Å². The summed E-state index contributed by atoms with van der Waals surface area (Å²) in [7, 11) is 0. The first-order chi connectivity index (χ1) is 7.90. The molecule has 0 saturated carbocycles. The van der Waals surface area contributed by atoms with Gasteiger partial charge in [-0.3, -0.25) is 0 Å². The van der Waals surface area contributed by atoms with Gasteiger partial charge in [0.1, 0.15) is 18.5 Å². The molecule has 0 aliphatic carbocycles. The van der Waals surface area contributed by atoms with Gasteiger partial charge in [-0.05, 0) is 38.0 Å². The molecule has 4 nitrogen and oxygen atoms in total. The number of hydrogen-bond donors (Lipinski definition) is 3. The Morgan fingerprint density at radius 2 is 2.12 bits per heavy atom. The molecule has 0 spiro atoms. The zero-order chi connectivity index (χ0) is 12.9. The molecule has 1 atom stereocenters. The number of benzene rings is 1. The summed E-state index contributed by atoms with van der Waals surface area (Å²) >= 11 is 0. The zero-order valence-electron chi connectivity index (χ0n) is 10.4. The molecule has 0 aliphatic rings. The van der Waals surface area contributed by atoms with Crippen molar-refractivity contribution in [3.63, 3.8) is 0 Å². The smallest absolute Gasteiger partial charge is 0.119 e. The van der Waals surface area contributed by atoms with E-state index in [4.69, 9.17) is 15.6 Å². The van der Waals surface area contributed by atoms with Crippen LogP contribution in [0.1, 0.15) is 19.4 Å². The standard InChI is InChI=1S/C13H21NO3/c1-13(2,14)7-10-4-3-5-12(6-10)17-9-11(16)8-15/h3-6,11,15-16H,7-9,14H2,1-2H3. The van der Waals surface area contributed by atoms with Crippen LogP contribution in [0.25, 0.3) is 0 Å². The van der Waals surface area contributed by atoms with Crippen LogP contribution in [0.4, 0.5) is 0 Å². The fourth-order valence-electron chi connectivity index (χ4n) is 1.52. The molecule has 0 aromatic heterocycles. The second-order valence-electron chi connectivity index (χ2n) is 4.96. The van der Waals surface area contributed by atoms with Gasteiger partial charge in [-0.1, -0.05) is 12.1 Å². The van der Waals surface area contributed by atoms with Crippen molar-refractivity contribution in [2.24, 2.45) is 5.73 Å². The number of ether oxygens (including phenoxy) is 1. The van der Waals surface area contributed by atoms with E-state index < -0.39 is 6.10 Å². The van der Waals surface area contributed by atoms with Crippen molar-refractivity contribution in [1.29, 1.82) is 0 Å². The molecule has 0 amide bonds. The average Bonchev–Trinajstić information content (AvgIpc) is 2.24. The molecule has 1 aromatic carbocycles. The summed E-state index contributed by atoms with van der Waals surface area (Å²) in [6.07, 6.45) is -0.0863. The second kappa shape index (κ2) is 6.00. The van der Waals surface area contributed by atoms with Gasteiger partial charge in [0.05, 0.1) is 6.61 Å². The molecule has 0 heterocycles. The van der Waals surface area contributed by atoms with Gasteiger partial charge in [0.25, 0.3) is 0 Å². The van der Waals surface area contributed by atoms with E-state index in [1.54, 1.807) is 0 Å². The van der Waals surface area contributed by atoms with E-state index in [2.05, 4.69) is 0 Å². The van der Waals surface area contributed by atoms with Gasteiger partial charge in [0.2, 0.25) is 0 Å². The predicted molar refractivity (Wildman–Crippen MR) is 67.0 cm³/mol. The van der Waals surface area contributed by atoms with Crippen LogP contribution in [0.5, 0.6) is 5.75 Å². The van der Waals surface area contributed by atoms with Crippen molar-refractivity contribution in [3.8, 4) is 5.75 Å². The van der Waals surface area contributed by atoms with Crippen LogP contribution >= 0.6 is 0 Å². The average molecular weight is 239 g/mol. The monoisotopic (exact) mass is 239 g/mol. The maximum atomic E-state index is 9.18. The van der Waals surface area contributed by atoms with E-state index >= 15 is 0 Å². The van der Waals surface area contributed by atoms with Gasteiger partial charge in [0.15, 0.2) is 0 Å². The Kier molecular flexibility index (Phi) is 4.93. The number of rotatable bonds is 6. The Balaban J connectivity index is 2.60. The molecule has 0 fully saturated rings. The lowest BCUT2D eigenvalue weighted by molar-refractivity contribution is 0.0536. The van der Waals surface area contributed by atoms with Gasteiger partial charge in [-0.2, -0.15) is 0 Å². The molecule has 1 aromatic rings. The van der Waals surface area contributed by atoms with Crippen molar-refractivity contribution >= 4 is 0 Å². The highest BCUT2D eigenvalue weighted by atomic mass is 16.5. The van der Waals surface area contributed by atoms with Crippen molar-refractivity contribution in [1.82, 2.24) is 0 Å². The Hall–Kier alpha value is -1.10. The topological polar surface area (TPSA) is 75.7 Å². The van der Waals surface area contributed by atoms with Gasteiger partial charge >= 0.3 is 0 Å². The molecule has 0 radical (unpaired) electrons. The molecule has 0 bridgehead atoms. The fraction of sp³-hybridized carbons (Fsp3) is 0.538. The van der Waals surface area contributed by atoms with Gasteiger partial charge < -0.3 is 20.7 Å². The Morgan fingerprint density at radius 3 is 2.71 bits per heavy atom. The van der Waals surface area contributed by atoms with Crippen LogP contribution in [0.3, 0.4) is 0 Å². The van der Waals surface area contributed by atoms with E-state index in [1.165, 1.54) is 0 Å². The summed E-state index contributed by atoms with van der Waals surface area (Å²) in [4.78, 5) is 0. The lowest BCUT2D eigenvalue weighted by Gasteiger charge is -2.19. The quantitative estimate of drug-likeness (QED) is 0.683. The van der Waals surface area contributed by atoms with Crippen molar-refractivity contribution in [2.75, 3.05) is 13.2 Å². The molecular weight excluding hydrogens is 218 g/mol. The highest BCUT2D eigenvalue weighted by Gasteiger charge is 2.12. The van der Waals surface area contributed by atoms with Crippen LogP contribution in [0.2, 0.25) is 0 Å². The van der Waals surface area contributed by atoms with E-state index in [-0.39, 0.29) is 18.8 Å². The van der Waals surface area contributed by atoms with Gasteiger partial charge in [-0.15, -0.1) is 0 Å².